The number of nitrogen functional groups attached to an aromatic ring is 1. The van der Waals surface area contributed by atoms with E-state index in [1.807, 2.05) is 6.07 Å². The molecule has 2 N–H and O–H groups in total. The number of aromatic nitrogens is 2. The van der Waals surface area contributed by atoms with Crippen molar-refractivity contribution in [3.05, 3.63) is 47.2 Å². The molecule has 2 aromatic rings. The number of benzene rings is 1. The largest absolute Gasteiger partial charge is 0.382 e. The van der Waals surface area contributed by atoms with Crippen molar-refractivity contribution in [2.75, 3.05) is 36.8 Å². The average molecular weight is 350 g/mol. The number of hydrogen-bond acceptors (Lipinski definition) is 6. The lowest BCUT2D eigenvalue weighted by Gasteiger charge is -2.34. The van der Waals surface area contributed by atoms with Crippen LogP contribution in [0.25, 0.3) is 0 Å². The van der Waals surface area contributed by atoms with Gasteiger partial charge in [0.15, 0.2) is 0 Å². The maximum Gasteiger partial charge on any atom is 0.227 e. The highest BCUT2D eigenvalue weighted by molar-refractivity contribution is 5.50. The van der Waals surface area contributed by atoms with Crippen LogP contribution in [0.15, 0.2) is 30.5 Å². The Kier molecular flexibility index (Phi) is 5.10. The Balaban J connectivity index is 1.57. The highest BCUT2D eigenvalue weighted by Gasteiger charge is 2.20. The molecular formula is C20H26N6. The predicted molar refractivity (Wildman–Crippen MR) is 104 cm³/mol. The number of hydrogen-bond donors (Lipinski definition) is 1. The van der Waals surface area contributed by atoms with Crippen molar-refractivity contribution in [3.8, 4) is 6.07 Å². The number of rotatable bonds is 3. The molecule has 3 rings (SSSR count). The SMILES string of the molecule is CC(C)(C)c1ccc(CN2CCN(c3ncc(C#N)c(N)n3)CC2)cc1. The number of anilines is 2. The predicted octanol–water partition coefficient (Wildman–Crippen LogP) is 2.55. The summed E-state index contributed by atoms with van der Waals surface area (Å²) in [6.07, 6.45) is 1.50. The third kappa shape index (κ3) is 4.12. The lowest BCUT2D eigenvalue weighted by molar-refractivity contribution is 0.248. The highest BCUT2D eigenvalue weighted by Crippen LogP contribution is 2.23. The van der Waals surface area contributed by atoms with Crippen molar-refractivity contribution < 1.29 is 0 Å². The zero-order valence-electron chi connectivity index (χ0n) is 15.7. The summed E-state index contributed by atoms with van der Waals surface area (Å²) in [6, 6.07) is 10.9. The monoisotopic (exact) mass is 350 g/mol. The first-order valence-corrected chi connectivity index (χ1v) is 8.96. The van der Waals surface area contributed by atoms with Gasteiger partial charge in [-0.25, -0.2) is 4.98 Å². The number of nitriles is 1. The fourth-order valence-electron chi connectivity index (χ4n) is 3.10. The van der Waals surface area contributed by atoms with E-state index in [-0.39, 0.29) is 11.2 Å². The van der Waals surface area contributed by atoms with Gasteiger partial charge in [0.05, 0.1) is 6.20 Å². The van der Waals surface area contributed by atoms with Crippen LogP contribution in [0.5, 0.6) is 0 Å². The van der Waals surface area contributed by atoms with E-state index < -0.39 is 0 Å². The molecule has 6 heteroatoms. The molecule has 0 atom stereocenters. The van der Waals surface area contributed by atoms with Crippen LogP contribution in [0.3, 0.4) is 0 Å². The van der Waals surface area contributed by atoms with Crippen LogP contribution in [0.4, 0.5) is 11.8 Å². The first-order valence-electron chi connectivity index (χ1n) is 8.96. The first kappa shape index (κ1) is 18.2. The standard InChI is InChI=1S/C20H26N6/c1-20(2,3)17-6-4-15(5-7-17)14-25-8-10-26(11-9-25)19-23-13-16(12-21)18(22)24-19/h4-7,13H,8-11,14H2,1-3H3,(H2,22,23,24). The summed E-state index contributed by atoms with van der Waals surface area (Å²) in [6.45, 7) is 11.3. The van der Waals surface area contributed by atoms with Crippen LogP contribution in [0.1, 0.15) is 37.5 Å². The second-order valence-electron chi connectivity index (χ2n) is 7.79. The maximum absolute atomic E-state index is 8.93. The van der Waals surface area contributed by atoms with Gasteiger partial charge in [0.1, 0.15) is 17.5 Å². The van der Waals surface area contributed by atoms with Crippen molar-refractivity contribution in [2.24, 2.45) is 0 Å². The van der Waals surface area contributed by atoms with Gasteiger partial charge in [-0.1, -0.05) is 45.0 Å². The van der Waals surface area contributed by atoms with Gasteiger partial charge in [0.2, 0.25) is 5.95 Å². The van der Waals surface area contributed by atoms with Crippen LogP contribution in [-0.2, 0) is 12.0 Å². The molecule has 136 valence electrons. The summed E-state index contributed by atoms with van der Waals surface area (Å²) in [7, 11) is 0. The molecule has 0 saturated carbocycles. The third-order valence-electron chi connectivity index (χ3n) is 4.81. The molecule has 1 aliphatic heterocycles. The fourth-order valence-corrected chi connectivity index (χ4v) is 3.10. The van der Waals surface area contributed by atoms with Crippen molar-refractivity contribution >= 4 is 11.8 Å². The van der Waals surface area contributed by atoms with Crippen LogP contribution in [0, 0.1) is 11.3 Å². The molecule has 0 bridgehead atoms. The Labute approximate surface area is 155 Å². The molecule has 0 amide bonds. The Morgan fingerprint density at radius 2 is 1.77 bits per heavy atom. The van der Waals surface area contributed by atoms with Gasteiger partial charge in [-0.15, -0.1) is 0 Å². The van der Waals surface area contributed by atoms with E-state index in [1.165, 1.54) is 17.3 Å². The molecule has 1 aliphatic rings. The van der Waals surface area contributed by atoms with Gasteiger partial charge in [0, 0.05) is 32.7 Å². The van der Waals surface area contributed by atoms with Crippen LogP contribution < -0.4 is 10.6 Å². The maximum atomic E-state index is 8.93. The summed E-state index contributed by atoms with van der Waals surface area (Å²) in [5.41, 5.74) is 9.01. The van der Waals surface area contributed by atoms with Crippen molar-refractivity contribution in [3.63, 3.8) is 0 Å². The van der Waals surface area contributed by atoms with Gasteiger partial charge < -0.3 is 10.6 Å². The number of piperazine rings is 1. The third-order valence-corrected chi connectivity index (χ3v) is 4.81. The molecule has 1 fully saturated rings. The van der Waals surface area contributed by atoms with Crippen molar-refractivity contribution in [2.45, 2.75) is 32.7 Å². The Hall–Kier alpha value is -2.65. The molecule has 0 unspecified atom stereocenters. The Morgan fingerprint density at radius 3 is 2.31 bits per heavy atom. The second kappa shape index (κ2) is 7.30. The average Bonchev–Trinajstić information content (AvgIpc) is 2.62. The van der Waals surface area contributed by atoms with Crippen LogP contribution in [0.2, 0.25) is 0 Å². The molecule has 26 heavy (non-hydrogen) atoms. The number of nitrogens with zero attached hydrogens (tertiary/aromatic N) is 5. The minimum Gasteiger partial charge on any atom is -0.382 e. The van der Waals surface area contributed by atoms with E-state index in [1.54, 1.807) is 0 Å². The molecule has 2 heterocycles. The van der Waals surface area contributed by atoms with E-state index in [0.717, 1.165) is 32.7 Å². The molecule has 0 spiro atoms. The summed E-state index contributed by atoms with van der Waals surface area (Å²) >= 11 is 0. The summed E-state index contributed by atoms with van der Waals surface area (Å²) in [4.78, 5) is 13.1. The molecular weight excluding hydrogens is 324 g/mol. The summed E-state index contributed by atoms with van der Waals surface area (Å²) in [5.74, 6) is 0.856. The minimum atomic E-state index is 0.188. The van der Waals surface area contributed by atoms with E-state index in [9.17, 15) is 0 Å². The minimum absolute atomic E-state index is 0.188. The second-order valence-corrected chi connectivity index (χ2v) is 7.79. The van der Waals surface area contributed by atoms with Gasteiger partial charge in [-0.2, -0.15) is 10.2 Å². The highest BCUT2D eigenvalue weighted by atomic mass is 15.3. The zero-order chi connectivity index (χ0) is 18.7. The molecule has 1 aromatic heterocycles. The fraction of sp³-hybridized carbons (Fsp3) is 0.450. The Morgan fingerprint density at radius 1 is 1.12 bits per heavy atom. The van der Waals surface area contributed by atoms with E-state index in [4.69, 9.17) is 11.0 Å². The van der Waals surface area contributed by atoms with Gasteiger partial charge in [-0.05, 0) is 16.5 Å². The normalized spacial score (nSPS) is 15.7. The topological polar surface area (TPSA) is 82.1 Å². The smallest absolute Gasteiger partial charge is 0.227 e. The van der Waals surface area contributed by atoms with Crippen LogP contribution >= 0.6 is 0 Å². The van der Waals surface area contributed by atoms with Gasteiger partial charge >= 0.3 is 0 Å². The van der Waals surface area contributed by atoms with E-state index in [2.05, 4.69) is 64.8 Å². The lowest BCUT2D eigenvalue weighted by atomic mass is 9.87. The van der Waals surface area contributed by atoms with Gasteiger partial charge in [-0.3, -0.25) is 4.90 Å². The summed E-state index contributed by atoms with van der Waals surface area (Å²) in [5, 5.41) is 8.93. The molecule has 0 aliphatic carbocycles. The Bertz CT molecular complexity index is 793. The number of nitrogens with two attached hydrogens (primary N) is 1. The molecule has 6 nitrogen and oxygen atoms in total. The molecule has 1 aromatic carbocycles. The lowest BCUT2D eigenvalue weighted by Crippen LogP contribution is -2.46. The van der Waals surface area contributed by atoms with E-state index >= 15 is 0 Å². The zero-order valence-corrected chi connectivity index (χ0v) is 15.7. The first-order chi connectivity index (χ1) is 12.4. The van der Waals surface area contributed by atoms with Crippen molar-refractivity contribution in [1.82, 2.24) is 14.9 Å². The quantitative estimate of drug-likeness (QED) is 0.916. The summed E-state index contributed by atoms with van der Waals surface area (Å²) < 4.78 is 0. The van der Waals surface area contributed by atoms with Gasteiger partial charge in [0.25, 0.3) is 0 Å². The molecule has 0 radical (unpaired) electrons. The molecule has 1 saturated heterocycles. The van der Waals surface area contributed by atoms with Crippen LogP contribution in [-0.4, -0.2) is 41.0 Å². The van der Waals surface area contributed by atoms with E-state index in [0.29, 0.717) is 11.5 Å². The van der Waals surface area contributed by atoms with Crippen molar-refractivity contribution in [1.29, 1.82) is 5.26 Å².